The highest BCUT2D eigenvalue weighted by atomic mass is 35.5. The van der Waals surface area contributed by atoms with Crippen LogP contribution in [-0.4, -0.2) is 14.9 Å². The SMILES string of the molecule is CC(Nc1ncc([N+](=O)[O-])c(N)n1)c1c(F)cccc1Cl. The van der Waals surface area contributed by atoms with E-state index in [4.69, 9.17) is 17.3 Å². The van der Waals surface area contributed by atoms with Gasteiger partial charge in [-0.25, -0.2) is 9.37 Å². The molecule has 1 aromatic carbocycles. The first-order chi connectivity index (χ1) is 9.90. The molecule has 0 aliphatic heterocycles. The highest BCUT2D eigenvalue weighted by Gasteiger charge is 2.18. The van der Waals surface area contributed by atoms with E-state index >= 15 is 0 Å². The van der Waals surface area contributed by atoms with E-state index in [9.17, 15) is 14.5 Å². The predicted molar refractivity (Wildman–Crippen MR) is 76.5 cm³/mol. The van der Waals surface area contributed by atoms with Crippen LogP contribution < -0.4 is 11.1 Å². The number of nitro groups is 1. The molecule has 3 N–H and O–H groups in total. The van der Waals surface area contributed by atoms with Gasteiger partial charge < -0.3 is 11.1 Å². The second-order valence-corrected chi connectivity index (χ2v) is 4.63. The Labute approximate surface area is 124 Å². The van der Waals surface area contributed by atoms with Gasteiger partial charge in [0.05, 0.1) is 11.0 Å². The smallest absolute Gasteiger partial charge is 0.329 e. The van der Waals surface area contributed by atoms with Crippen molar-refractivity contribution in [1.82, 2.24) is 9.97 Å². The molecule has 0 spiro atoms. The third kappa shape index (κ3) is 3.16. The lowest BCUT2D eigenvalue weighted by Gasteiger charge is -2.16. The molecular weight excluding hydrogens is 301 g/mol. The minimum atomic E-state index is -0.684. The fraction of sp³-hybridized carbons (Fsp3) is 0.167. The Hall–Kier alpha value is -2.48. The molecule has 21 heavy (non-hydrogen) atoms. The number of nitrogens with zero attached hydrogens (tertiary/aromatic N) is 3. The third-order valence-electron chi connectivity index (χ3n) is 2.77. The minimum absolute atomic E-state index is 0.0462. The maximum absolute atomic E-state index is 13.8. The van der Waals surface area contributed by atoms with E-state index in [-0.39, 0.29) is 22.4 Å². The van der Waals surface area contributed by atoms with Crippen LogP contribution in [0.15, 0.2) is 24.4 Å². The zero-order valence-corrected chi connectivity index (χ0v) is 11.6. The van der Waals surface area contributed by atoms with Gasteiger partial charge in [-0.2, -0.15) is 4.98 Å². The topological polar surface area (TPSA) is 107 Å². The van der Waals surface area contributed by atoms with Crippen molar-refractivity contribution in [2.24, 2.45) is 0 Å². The van der Waals surface area contributed by atoms with Gasteiger partial charge in [0.25, 0.3) is 0 Å². The molecule has 0 aliphatic rings. The van der Waals surface area contributed by atoms with Gasteiger partial charge in [-0.05, 0) is 19.1 Å². The summed E-state index contributed by atoms with van der Waals surface area (Å²) in [5.74, 6) is -0.702. The summed E-state index contributed by atoms with van der Waals surface area (Å²) in [6.07, 6.45) is 0.986. The van der Waals surface area contributed by atoms with Gasteiger partial charge in [0.2, 0.25) is 11.8 Å². The van der Waals surface area contributed by atoms with Crippen molar-refractivity contribution < 1.29 is 9.31 Å². The van der Waals surface area contributed by atoms with Crippen molar-refractivity contribution >= 4 is 29.1 Å². The van der Waals surface area contributed by atoms with E-state index in [1.54, 1.807) is 13.0 Å². The van der Waals surface area contributed by atoms with Crippen LogP contribution in [-0.2, 0) is 0 Å². The van der Waals surface area contributed by atoms with Crippen LogP contribution in [0.3, 0.4) is 0 Å². The van der Waals surface area contributed by atoms with Crippen LogP contribution in [0.2, 0.25) is 5.02 Å². The van der Waals surface area contributed by atoms with E-state index in [2.05, 4.69) is 15.3 Å². The summed E-state index contributed by atoms with van der Waals surface area (Å²) in [5, 5.41) is 13.7. The summed E-state index contributed by atoms with van der Waals surface area (Å²) in [6.45, 7) is 1.66. The molecule has 7 nitrogen and oxygen atoms in total. The Bertz CT molecular complexity index is 677. The normalized spacial score (nSPS) is 12.0. The number of rotatable bonds is 4. The average Bonchev–Trinajstić information content (AvgIpc) is 2.37. The number of benzene rings is 1. The molecule has 0 bridgehead atoms. The number of aromatic nitrogens is 2. The average molecular weight is 312 g/mol. The molecule has 1 heterocycles. The zero-order valence-electron chi connectivity index (χ0n) is 10.9. The number of halogens is 2. The molecule has 0 radical (unpaired) electrons. The molecule has 1 aromatic heterocycles. The minimum Gasteiger partial charge on any atom is -0.378 e. The lowest BCUT2D eigenvalue weighted by molar-refractivity contribution is -0.384. The summed E-state index contributed by atoms with van der Waals surface area (Å²) in [5.41, 5.74) is 5.32. The molecule has 0 saturated heterocycles. The lowest BCUT2D eigenvalue weighted by atomic mass is 10.1. The van der Waals surface area contributed by atoms with E-state index < -0.39 is 22.5 Å². The number of nitrogen functional groups attached to an aromatic ring is 1. The van der Waals surface area contributed by atoms with E-state index in [0.717, 1.165) is 6.20 Å². The Morgan fingerprint density at radius 2 is 2.24 bits per heavy atom. The number of nitrogens with one attached hydrogen (secondary N) is 1. The molecule has 2 rings (SSSR count). The van der Waals surface area contributed by atoms with Gasteiger partial charge in [0, 0.05) is 10.6 Å². The van der Waals surface area contributed by atoms with Crippen LogP contribution in [0, 0.1) is 15.9 Å². The largest absolute Gasteiger partial charge is 0.378 e. The van der Waals surface area contributed by atoms with Crippen LogP contribution in [0.1, 0.15) is 18.5 Å². The highest BCUT2D eigenvalue weighted by molar-refractivity contribution is 6.31. The van der Waals surface area contributed by atoms with Crippen molar-refractivity contribution in [3.8, 4) is 0 Å². The van der Waals surface area contributed by atoms with Crippen LogP contribution >= 0.6 is 11.6 Å². The molecule has 0 saturated carbocycles. The maximum Gasteiger partial charge on any atom is 0.329 e. The maximum atomic E-state index is 13.8. The van der Waals surface area contributed by atoms with Crippen LogP contribution in [0.4, 0.5) is 21.8 Å². The Morgan fingerprint density at radius 1 is 1.52 bits per heavy atom. The van der Waals surface area contributed by atoms with Crippen LogP contribution in [0.25, 0.3) is 0 Å². The number of anilines is 2. The zero-order chi connectivity index (χ0) is 15.6. The molecule has 2 aromatic rings. The van der Waals surface area contributed by atoms with Crippen molar-refractivity contribution in [3.63, 3.8) is 0 Å². The summed E-state index contributed by atoms with van der Waals surface area (Å²) < 4.78 is 13.8. The second-order valence-electron chi connectivity index (χ2n) is 4.22. The molecule has 1 unspecified atom stereocenters. The fourth-order valence-electron chi connectivity index (χ4n) is 1.79. The van der Waals surface area contributed by atoms with Gasteiger partial charge in [-0.15, -0.1) is 0 Å². The Balaban J connectivity index is 2.26. The number of nitrogens with two attached hydrogens (primary N) is 1. The second kappa shape index (κ2) is 5.88. The first-order valence-electron chi connectivity index (χ1n) is 5.87. The number of hydrogen-bond acceptors (Lipinski definition) is 6. The first kappa shape index (κ1) is 14.9. The summed E-state index contributed by atoms with van der Waals surface area (Å²) in [6, 6.07) is 3.79. The molecule has 9 heteroatoms. The van der Waals surface area contributed by atoms with E-state index in [1.165, 1.54) is 12.1 Å². The van der Waals surface area contributed by atoms with Gasteiger partial charge in [0.1, 0.15) is 12.0 Å². The summed E-state index contributed by atoms with van der Waals surface area (Å²) in [7, 11) is 0. The van der Waals surface area contributed by atoms with E-state index in [1.807, 2.05) is 0 Å². The highest BCUT2D eigenvalue weighted by Crippen LogP contribution is 2.28. The Morgan fingerprint density at radius 3 is 2.81 bits per heavy atom. The molecule has 0 fully saturated rings. The van der Waals surface area contributed by atoms with Crippen molar-refractivity contribution in [2.45, 2.75) is 13.0 Å². The molecular formula is C12H11ClFN5O2. The standard InChI is InChI=1S/C12H11ClFN5O2/c1-6(10-7(13)3-2-4-8(10)14)17-12-16-5-9(19(20)21)11(15)18-12/h2-6H,1H3,(H3,15,16,17,18). The van der Waals surface area contributed by atoms with E-state index in [0.29, 0.717) is 0 Å². The van der Waals surface area contributed by atoms with Crippen molar-refractivity contribution in [3.05, 3.63) is 50.9 Å². The third-order valence-corrected chi connectivity index (χ3v) is 3.10. The van der Waals surface area contributed by atoms with Gasteiger partial charge in [-0.1, -0.05) is 17.7 Å². The van der Waals surface area contributed by atoms with Gasteiger partial charge in [-0.3, -0.25) is 10.1 Å². The van der Waals surface area contributed by atoms with Crippen molar-refractivity contribution in [1.29, 1.82) is 0 Å². The molecule has 1 atom stereocenters. The quantitative estimate of drug-likeness (QED) is 0.664. The fourth-order valence-corrected chi connectivity index (χ4v) is 2.12. The molecule has 0 aliphatic carbocycles. The van der Waals surface area contributed by atoms with Crippen molar-refractivity contribution in [2.75, 3.05) is 11.1 Å². The van der Waals surface area contributed by atoms with Gasteiger partial charge >= 0.3 is 5.69 Å². The molecule has 0 amide bonds. The summed E-state index contributed by atoms with van der Waals surface area (Å²) in [4.78, 5) is 17.5. The lowest BCUT2D eigenvalue weighted by Crippen LogP contribution is -2.13. The van der Waals surface area contributed by atoms with Crippen LogP contribution in [0.5, 0.6) is 0 Å². The summed E-state index contributed by atoms with van der Waals surface area (Å²) >= 11 is 5.95. The number of hydrogen-bond donors (Lipinski definition) is 2. The Kier molecular flexibility index (Phi) is 4.18. The molecule has 110 valence electrons. The monoisotopic (exact) mass is 311 g/mol. The first-order valence-corrected chi connectivity index (χ1v) is 6.25. The van der Waals surface area contributed by atoms with Gasteiger partial charge in [0.15, 0.2) is 0 Å². The predicted octanol–water partition coefficient (Wildman–Crippen LogP) is 2.93.